The average molecular weight is 729 g/mol. The molecule has 4 heterocycles. The molecule has 54 heavy (non-hydrogen) atoms. The first kappa shape index (κ1) is 35.5. The number of ether oxygens (including phenoxy) is 2. The lowest BCUT2D eigenvalue weighted by Gasteiger charge is -2.45. The van der Waals surface area contributed by atoms with Crippen LogP contribution in [0, 0.1) is 5.92 Å². The molecule has 4 aromatic carbocycles. The van der Waals surface area contributed by atoms with Gasteiger partial charge >= 0.3 is 5.97 Å². The number of pyridine rings is 1. The number of phenolic OH excluding ortho intramolecular Hbond substituents is 1. The topological polar surface area (TPSA) is 153 Å². The lowest BCUT2D eigenvalue weighted by Crippen LogP contribution is -2.56. The lowest BCUT2D eigenvalue weighted by atomic mass is 9.85. The van der Waals surface area contributed by atoms with Gasteiger partial charge in [0.25, 0.3) is 5.91 Å². The number of aromatic nitrogens is 1. The minimum absolute atomic E-state index is 0.0472. The van der Waals surface area contributed by atoms with Gasteiger partial charge in [-0.05, 0) is 109 Å². The van der Waals surface area contributed by atoms with E-state index >= 15 is 0 Å². The van der Waals surface area contributed by atoms with Crippen molar-refractivity contribution in [1.82, 2.24) is 20.5 Å². The smallest absolute Gasteiger partial charge is 0.336 e. The second-order valence-corrected chi connectivity index (χ2v) is 14.7. The van der Waals surface area contributed by atoms with Crippen molar-refractivity contribution < 1.29 is 29.3 Å². The molecule has 9 rings (SSSR count). The number of phenols is 1. The van der Waals surface area contributed by atoms with Crippen LogP contribution in [0.5, 0.6) is 11.5 Å². The Morgan fingerprint density at radius 1 is 0.926 bits per heavy atom. The van der Waals surface area contributed by atoms with Crippen molar-refractivity contribution in [2.45, 2.75) is 56.6 Å². The van der Waals surface area contributed by atoms with Crippen LogP contribution < -0.4 is 20.9 Å². The number of aromatic hydroxyl groups is 1. The summed E-state index contributed by atoms with van der Waals surface area (Å²) in [6.45, 7) is 3.99. The van der Waals surface area contributed by atoms with E-state index in [0.29, 0.717) is 59.7 Å². The monoisotopic (exact) mass is 728 g/mol. The maximum atomic E-state index is 14.0. The molecule has 3 aliphatic heterocycles. The van der Waals surface area contributed by atoms with Crippen LogP contribution >= 0.6 is 0 Å². The Labute approximate surface area is 312 Å². The molecular weight excluding hydrogens is 684 g/mol. The molecule has 0 spiro atoms. The number of nitrogens with one attached hydrogen (secondary N) is 3. The van der Waals surface area contributed by atoms with Crippen molar-refractivity contribution in [1.29, 1.82) is 0 Å². The number of piperidine rings is 3. The molecule has 3 saturated heterocycles. The van der Waals surface area contributed by atoms with E-state index in [4.69, 9.17) is 9.47 Å². The maximum Gasteiger partial charge on any atom is 0.336 e. The summed E-state index contributed by atoms with van der Waals surface area (Å²) in [5.74, 6) is 0.218. The molecule has 1 aliphatic carbocycles. The minimum Gasteiger partial charge on any atom is -0.506 e. The van der Waals surface area contributed by atoms with Gasteiger partial charge in [-0.1, -0.05) is 54.6 Å². The molecule has 11 heteroatoms. The zero-order valence-corrected chi connectivity index (χ0v) is 29.9. The zero-order chi connectivity index (χ0) is 37.2. The number of hydrogen-bond donors (Lipinski definition) is 5. The molecule has 3 atom stereocenters. The number of carbonyl (C=O) groups is 2. The van der Waals surface area contributed by atoms with Crippen LogP contribution in [0.3, 0.4) is 0 Å². The molecule has 278 valence electrons. The number of benzene rings is 4. The number of aliphatic hydroxyl groups excluding tert-OH is 1. The highest BCUT2D eigenvalue weighted by Crippen LogP contribution is 2.40. The van der Waals surface area contributed by atoms with E-state index in [1.807, 2.05) is 48.5 Å². The van der Waals surface area contributed by atoms with Gasteiger partial charge in [0.2, 0.25) is 5.56 Å². The molecule has 1 aromatic heterocycles. The molecule has 11 nitrogen and oxygen atoms in total. The standard InChI is InChI=1S/C43H44N4O7/c48-36-15-13-33(34-14-16-39(50)45-40(34)36)37(49)24-44-23-27-5-7-28(8-6-27)26-53-32-11-9-31(10-12-32)41(51)46-43(20-17-29-3-1-2-4-35(29)43)42(52)54-38-25-47-21-18-30(38)19-22-47/h1-16,30,37-38,44,48-49H,17-26H2,(H,45,50)(H,46,51)/t37?,38-,43?/m0/s1. The van der Waals surface area contributed by atoms with Gasteiger partial charge in [-0.3, -0.25) is 14.5 Å². The largest absolute Gasteiger partial charge is 0.506 e. The summed E-state index contributed by atoms with van der Waals surface area (Å²) in [5, 5.41) is 27.9. The quantitative estimate of drug-likeness (QED) is 0.114. The number of nitrogens with zero attached hydrogens (tertiary/aromatic N) is 1. The molecule has 0 radical (unpaired) electrons. The van der Waals surface area contributed by atoms with Crippen LogP contribution in [0.25, 0.3) is 10.9 Å². The highest BCUT2D eigenvalue weighted by Gasteiger charge is 2.50. The summed E-state index contributed by atoms with van der Waals surface area (Å²) in [7, 11) is 0. The summed E-state index contributed by atoms with van der Waals surface area (Å²) in [6.07, 6.45) is 2.21. The fraction of sp³-hybridized carbons (Fsp3) is 0.326. The van der Waals surface area contributed by atoms with Gasteiger partial charge < -0.3 is 35.3 Å². The van der Waals surface area contributed by atoms with Crippen LogP contribution in [0.1, 0.15) is 63.5 Å². The minimum atomic E-state index is -1.24. The number of aryl methyl sites for hydroxylation is 1. The number of aromatic amines is 1. The average Bonchev–Trinajstić information content (AvgIpc) is 3.57. The normalized spacial score (nSPS) is 22.1. The van der Waals surface area contributed by atoms with Gasteiger partial charge in [0.05, 0.1) is 11.6 Å². The molecule has 3 fully saturated rings. The highest BCUT2D eigenvalue weighted by molar-refractivity contribution is 5.99. The molecule has 4 aliphatic rings. The number of hydrogen-bond acceptors (Lipinski definition) is 9. The summed E-state index contributed by atoms with van der Waals surface area (Å²) in [5.41, 5.74) is 3.63. The van der Waals surface area contributed by atoms with E-state index in [1.165, 1.54) is 12.1 Å². The van der Waals surface area contributed by atoms with Crippen molar-refractivity contribution >= 4 is 22.8 Å². The molecule has 2 bridgehead atoms. The number of fused-ring (bicyclic) bond motifs is 5. The van der Waals surface area contributed by atoms with Crippen LogP contribution in [0.2, 0.25) is 0 Å². The van der Waals surface area contributed by atoms with Crippen LogP contribution in [-0.4, -0.2) is 64.3 Å². The second-order valence-electron chi connectivity index (χ2n) is 14.7. The van der Waals surface area contributed by atoms with E-state index < -0.39 is 11.6 Å². The Morgan fingerprint density at radius 2 is 1.69 bits per heavy atom. The molecular formula is C43H44N4O7. The molecule has 5 aromatic rings. The van der Waals surface area contributed by atoms with E-state index in [0.717, 1.165) is 54.7 Å². The molecule has 0 saturated carbocycles. The van der Waals surface area contributed by atoms with Crippen molar-refractivity contribution in [3.05, 3.63) is 141 Å². The van der Waals surface area contributed by atoms with Crippen molar-refractivity contribution in [2.24, 2.45) is 5.92 Å². The number of carbonyl (C=O) groups excluding carboxylic acids is 2. The summed E-state index contributed by atoms with van der Waals surface area (Å²) in [4.78, 5) is 44.4. The summed E-state index contributed by atoms with van der Waals surface area (Å²) >= 11 is 0. The molecule has 1 amide bonds. The maximum absolute atomic E-state index is 14.0. The predicted octanol–water partition coefficient (Wildman–Crippen LogP) is 4.84. The van der Waals surface area contributed by atoms with Gasteiger partial charge in [-0.25, -0.2) is 4.79 Å². The van der Waals surface area contributed by atoms with Crippen molar-refractivity contribution in [3.8, 4) is 11.5 Å². The fourth-order valence-corrected chi connectivity index (χ4v) is 8.19. The molecule has 5 N–H and O–H groups in total. The van der Waals surface area contributed by atoms with Crippen LogP contribution in [0.4, 0.5) is 0 Å². The Kier molecular flexibility index (Phi) is 9.93. The van der Waals surface area contributed by atoms with E-state index in [1.54, 1.807) is 36.4 Å². The highest BCUT2D eigenvalue weighted by atomic mass is 16.5. The Bertz CT molecular complexity index is 2210. The van der Waals surface area contributed by atoms with Crippen molar-refractivity contribution in [3.63, 3.8) is 0 Å². The summed E-state index contributed by atoms with van der Waals surface area (Å²) < 4.78 is 12.3. The molecule has 2 unspecified atom stereocenters. The number of H-pyrrole nitrogens is 1. The third kappa shape index (κ3) is 7.22. The Morgan fingerprint density at radius 3 is 2.44 bits per heavy atom. The van der Waals surface area contributed by atoms with E-state index in [-0.39, 0.29) is 35.8 Å². The predicted molar refractivity (Wildman–Crippen MR) is 203 cm³/mol. The number of aliphatic hydroxyl groups is 1. The van der Waals surface area contributed by atoms with Crippen LogP contribution in [0.15, 0.2) is 102 Å². The van der Waals surface area contributed by atoms with E-state index in [2.05, 4.69) is 20.5 Å². The Hall–Kier alpha value is -5.49. The fourth-order valence-electron chi connectivity index (χ4n) is 8.19. The van der Waals surface area contributed by atoms with Gasteiger partial charge in [-0.15, -0.1) is 0 Å². The summed E-state index contributed by atoms with van der Waals surface area (Å²) in [6, 6.07) is 28.8. The number of esters is 1. The van der Waals surface area contributed by atoms with Gasteiger partial charge in [0.1, 0.15) is 24.2 Å². The number of rotatable bonds is 12. The first-order valence-corrected chi connectivity index (χ1v) is 18.6. The van der Waals surface area contributed by atoms with Gasteiger partial charge in [0, 0.05) is 36.7 Å². The van der Waals surface area contributed by atoms with Gasteiger partial charge in [0.15, 0.2) is 5.54 Å². The zero-order valence-electron chi connectivity index (χ0n) is 29.9. The third-order valence-corrected chi connectivity index (χ3v) is 11.3. The number of amides is 1. The third-order valence-electron chi connectivity index (χ3n) is 11.3. The van der Waals surface area contributed by atoms with Crippen molar-refractivity contribution in [2.75, 3.05) is 26.2 Å². The van der Waals surface area contributed by atoms with E-state index in [9.17, 15) is 24.6 Å². The lowest BCUT2D eigenvalue weighted by molar-refractivity contribution is -0.167. The second kappa shape index (κ2) is 15.1. The van der Waals surface area contributed by atoms with Crippen LogP contribution in [-0.2, 0) is 34.6 Å². The first-order chi connectivity index (χ1) is 26.3. The van der Waals surface area contributed by atoms with Gasteiger partial charge in [-0.2, -0.15) is 0 Å². The SMILES string of the molecule is O=C(NC1(C(=O)O[C@H]2CN3CCC2CC3)CCc2ccccc21)c1ccc(OCc2ccc(CNCC(O)c3ccc(O)c4[nH]c(=O)ccc34)cc2)cc1. The Balaban J connectivity index is 0.850. The first-order valence-electron chi connectivity index (χ1n) is 18.6.